The number of carbonyl (C=O) groups is 1. The van der Waals surface area contributed by atoms with Gasteiger partial charge in [-0.15, -0.1) is 5.10 Å². The number of tetrazole rings is 1. The monoisotopic (exact) mass is 303 g/mol. The largest absolute Gasteiger partial charge is 0.355 e. The SMILES string of the molecule is Cc1cccc(-n2nnnc2S[C@H]2CCCCNC2=O)c1. The molecule has 1 atom stereocenters. The smallest absolute Gasteiger partial charge is 0.233 e. The van der Waals surface area contributed by atoms with E-state index in [0.717, 1.165) is 37.1 Å². The lowest BCUT2D eigenvalue weighted by Crippen LogP contribution is -2.30. The molecule has 6 nitrogen and oxygen atoms in total. The molecular weight excluding hydrogens is 286 g/mol. The van der Waals surface area contributed by atoms with Gasteiger partial charge in [0.15, 0.2) is 0 Å². The molecule has 0 aliphatic carbocycles. The minimum atomic E-state index is -0.123. The van der Waals surface area contributed by atoms with Crippen LogP contribution in [0.5, 0.6) is 0 Å². The first-order valence-electron chi connectivity index (χ1n) is 7.04. The summed E-state index contributed by atoms with van der Waals surface area (Å²) in [5.74, 6) is 0.0799. The summed E-state index contributed by atoms with van der Waals surface area (Å²) >= 11 is 1.43. The highest BCUT2D eigenvalue weighted by Crippen LogP contribution is 2.27. The Labute approximate surface area is 127 Å². The molecule has 0 bridgehead atoms. The molecule has 1 aliphatic heterocycles. The number of carbonyl (C=O) groups excluding carboxylic acids is 1. The normalized spacial score (nSPS) is 19.1. The van der Waals surface area contributed by atoms with Crippen LogP contribution in [0, 0.1) is 6.92 Å². The zero-order valence-electron chi connectivity index (χ0n) is 11.8. The molecule has 1 amide bonds. The van der Waals surface area contributed by atoms with Crippen LogP contribution in [0.4, 0.5) is 0 Å². The van der Waals surface area contributed by atoms with Gasteiger partial charge in [-0.2, -0.15) is 4.68 Å². The van der Waals surface area contributed by atoms with E-state index in [9.17, 15) is 4.79 Å². The summed E-state index contributed by atoms with van der Waals surface area (Å²) in [7, 11) is 0. The predicted octanol–water partition coefficient (Wildman–Crippen LogP) is 1.73. The molecule has 1 aromatic carbocycles. The van der Waals surface area contributed by atoms with Gasteiger partial charge in [-0.1, -0.05) is 30.3 Å². The summed E-state index contributed by atoms with van der Waals surface area (Å²) in [6.45, 7) is 2.79. The molecule has 1 aromatic heterocycles. The van der Waals surface area contributed by atoms with Crippen molar-refractivity contribution in [2.45, 2.75) is 36.6 Å². The lowest BCUT2D eigenvalue weighted by molar-refractivity contribution is -0.120. The van der Waals surface area contributed by atoms with E-state index in [4.69, 9.17) is 0 Å². The maximum absolute atomic E-state index is 12.0. The Morgan fingerprint density at radius 3 is 3.14 bits per heavy atom. The second-order valence-corrected chi connectivity index (χ2v) is 6.28. The molecule has 0 unspecified atom stereocenters. The number of amides is 1. The van der Waals surface area contributed by atoms with Crippen molar-refractivity contribution in [3.05, 3.63) is 29.8 Å². The molecular formula is C14H17N5OS. The number of hydrogen-bond donors (Lipinski definition) is 1. The average Bonchev–Trinajstić information content (AvgIpc) is 2.84. The zero-order valence-corrected chi connectivity index (χ0v) is 12.6. The molecule has 1 fully saturated rings. The van der Waals surface area contributed by atoms with Gasteiger partial charge in [0.2, 0.25) is 11.1 Å². The van der Waals surface area contributed by atoms with Crippen molar-refractivity contribution in [3.8, 4) is 5.69 Å². The third kappa shape index (κ3) is 3.24. The van der Waals surface area contributed by atoms with Gasteiger partial charge in [0, 0.05) is 6.54 Å². The predicted molar refractivity (Wildman–Crippen MR) is 80.4 cm³/mol. The van der Waals surface area contributed by atoms with Crippen LogP contribution in [0.3, 0.4) is 0 Å². The molecule has 0 spiro atoms. The maximum atomic E-state index is 12.0. The fourth-order valence-electron chi connectivity index (χ4n) is 2.33. The first-order chi connectivity index (χ1) is 10.2. The van der Waals surface area contributed by atoms with Gasteiger partial charge in [-0.3, -0.25) is 4.79 Å². The first kappa shape index (κ1) is 14.1. The zero-order chi connectivity index (χ0) is 14.7. The average molecular weight is 303 g/mol. The van der Waals surface area contributed by atoms with Crippen molar-refractivity contribution in [1.82, 2.24) is 25.5 Å². The van der Waals surface area contributed by atoms with Crippen LogP contribution in [0.25, 0.3) is 5.69 Å². The van der Waals surface area contributed by atoms with Gasteiger partial charge in [0.1, 0.15) is 0 Å². The number of hydrogen-bond acceptors (Lipinski definition) is 5. The van der Waals surface area contributed by atoms with Crippen LogP contribution in [0.1, 0.15) is 24.8 Å². The highest BCUT2D eigenvalue weighted by Gasteiger charge is 2.24. The summed E-state index contributed by atoms with van der Waals surface area (Å²) in [6.07, 6.45) is 2.94. The Morgan fingerprint density at radius 1 is 1.38 bits per heavy atom. The molecule has 110 valence electrons. The standard InChI is InChI=1S/C14H17N5OS/c1-10-5-4-6-11(9-10)19-14(16-17-18-19)21-12-7-2-3-8-15-13(12)20/h4-6,9,12H,2-3,7-8H2,1H3,(H,15,20)/t12-/m0/s1. The number of nitrogens with one attached hydrogen (secondary N) is 1. The molecule has 7 heteroatoms. The molecule has 2 heterocycles. The van der Waals surface area contributed by atoms with Crippen molar-refractivity contribution in [3.63, 3.8) is 0 Å². The summed E-state index contributed by atoms with van der Waals surface area (Å²) in [6, 6.07) is 7.98. The minimum Gasteiger partial charge on any atom is -0.355 e. The van der Waals surface area contributed by atoms with Crippen LogP contribution in [0.15, 0.2) is 29.4 Å². The van der Waals surface area contributed by atoms with Gasteiger partial charge >= 0.3 is 0 Å². The summed E-state index contributed by atoms with van der Waals surface area (Å²) in [5.41, 5.74) is 2.06. The highest BCUT2D eigenvalue weighted by molar-refractivity contribution is 8.00. The molecule has 2 aromatic rings. The molecule has 3 rings (SSSR count). The first-order valence-corrected chi connectivity index (χ1v) is 7.92. The van der Waals surface area contributed by atoms with Crippen molar-refractivity contribution in [2.24, 2.45) is 0 Å². The Hall–Kier alpha value is -1.89. The number of aromatic nitrogens is 4. The topological polar surface area (TPSA) is 72.7 Å². The summed E-state index contributed by atoms with van der Waals surface area (Å²) in [5, 5.41) is 15.3. The number of rotatable bonds is 3. The van der Waals surface area contributed by atoms with Crippen molar-refractivity contribution < 1.29 is 4.79 Å². The van der Waals surface area contributed by atoms with E-state index < -0.39 is 0 Å². The van der Waals surface area contributed by atoms with Crippen LogP contribution in [-0.2, 0) is 4.79 Å². The van der Waals surface area contributed by atoms with E-state index >= 15 is 0 Å². The van der Waals surface area contributed by atoms with Crippen LogP contribution in [-0.4, -0.2) is 37.9 Å². The van der Waals surface area contributed by atoms with Crippen LogP contribution < -0.4 is 5.32 Å². The van der Waals surface area contributed by atoms with Gasteiger partial charge in [-0.25, -0.2) is 0 Å². The fourth-order valence-corrected chi connectivity index (χ4v) is 3.38. The second kappa shape index (κ2) is 6.26. The Bertz CT molecular complexity index is 642. The van der Waals surface area contributed by atoms with E-state index in [0.29, 0.717) is 5.16 Å². The second-order valence-electron chi connectivity index (χ2n) is 5.11. The van der Waals surface area contributed by atoms with Crippen LogP contribution >= 0.6 is 11.8 Å². The van der Waals surface area contributed by atoms with Gasteiger partial charge in [0.25, 0.3) is 0 Å². The third-order valence-electron chi connectivity index (χ3n) is 3.42. The number of nitrogens with zero attached hydrogens (tertiary/aromatic N) is 4. The maximum Gasteiger partial charge on any atom is 0.233 e. The fraction of sp³-hybridized carbons (Fsp3) is 0.429. The quantitative estimate of drug-likeness (QED) is 0.935. The number of benzene rings is 1. The molecule has 21 heavy (non-hydrogen) atoms. The molecule has 0 saturated carbocycles. The summed E-state index contributed by atoms with van der Waals surface area (Å²) < 4.78 is 1.69. The molecule has 1 aliphatic rings. The highest BCUT2D eigenvalue weighted by atomic mass is 32.2. The van der Waals surface area contributed by atoms with Gasteiger partial charge < -0.3 is 5.32 Å². The third-order valence-corrected chi connectivity index (χ3v) is 4.62. The van der Waals surface area contributed by atoms with E-state index in [1.54, 1.807) is 4.68 Å². The van der Waals surface area contributed by atoms with E-state index in [-0.39, 0.29) is 11.2 Å². The minimum absolute atomic E-state index is 0.0799. The number of thioether (sulfide) groups is 1. The van der Waals surface area contributed by atoms with Gasteiger partial charge in [0.05, 0.1) is 10.9 Å². The van der Waals surface area contributed by atoms with Crippen molar-refractivity contribution >= 4 is 17.7 Å². The van der Waals surface area contributed by atoms with Crippen molar-refractivity contribution in [2.75, 3.05) is 6.54 Å². The lowest BCUT2D eigenvalue weighted by Gasteiger charge is -2.12. The van der Waals surface area contributed by atoms with Crippen molar-refractivity contribution in [1.29, 1.82) is 0 Å². The molecule has 0 radical (unpaired) electrons. The number of aryl methyl sites for hydroxylation is 1. The summed E-state index contributed by atoms with van der Waals surface area (Å²) in [4.78, 5) is 12.0. The van der Waals surface area contributed by atoms with E-state index in [2.05, 4.69) is 20.8 Å². The Kier molecular flexibility index (Phi) is 4.19. The molecule has 1 N–H and O–H groups in total. The lowest BCUT2D eigenvalue weighted by atomic mass is 10.2. The Balaban J connectivity index is 1.84. The van der Waals surface area contributed by atoms with E-state index in [1.165, 1.54) is 11.8 Å². The van der Waals surface area contributed by atoms with Gasteiger partial charge in [-0.05, 0) is 47.9 Å². The van der Waals surface area contributed by atoms with Crippen LogP contribution in [0.2, 0.25) is 0 Å². The Morgan fingerprint density at radius 2 is 2.29 bits per heavy atom. The van der Waals surface area contributed by atoms with E-state index in [1.807, 2.05) is 31.2 Å². The molecule has 1 saturated heterocycles.